The number of nitrogens with zero attached hydrogens (tertiary/aromatic N) is 2. The molecule has 2 aromatic rings. The SMILES string of the molecule is CN(C(=O)C(O)C(O)C(=O)N(C)c1c(I)c(C(=O)CC(O)CO)c(I)c(C(=O)CC(O)CO)c1I)c1c(I)c(C(=O)CC(O)CO)c(I)c(C(=O)CC(O)CO)c1I. The molecular formula is C34H38I6N2O16. The first-order valence-corrected chi connectivity index (χ1v) is 23.0. The molecule has 0 aliphatic heterocycles. The Kier molecular flexibility index (Phi) is 22.6. The summed E-state index contributed by atoms with van der Waals surface area (Å²) < 4.78 is 0.280. The second-order valence-electron chi connectivity index (χ2n) is 12.6. The van der Waals surface area contributed by atoms with Gasteiger partial charge >= 0.3 is 0 Å². The molecule has 0 aliphatic rings. The maximum atomic E-state index is 13.9. The molecule has 0 saturated heterocycles. The molecule has 0 saturated carbocycles. The van der Waals surface area contributed by atoms with Crippen LogP contribution < -0.4 is 9.80 Å². The van der Waals surface area contributed by atoms with E-state index >= 15 is 0 Å². The normalized spacial score (nSPS) is 14.6. The third kappa shape index (κ3) is 12.6. The van der Waals surface area contributed by atoms with Crippen molar-refractivity contribution in [3.05, 3.63) is 43.7 Å². The van der Waals surface area contributed by atoms with E-state index in [0.717, 1.165) is 23.9 Å². The van der Waals surface area contributed by atoms with Gasteiger partial charge in [-0.25, -0.2) is 0 Å². The average molecular weight is 1490 g/mol. The molecule has 2 rings (SSSR count). The number of likely N-dealkylation sites (N-methyl/N-ethyl adjacent to an activating group) is 2. The summed E-state index contributed by atoms with van der Waals surface area (Å²) in [6.07, 6.45) is -13.4. The number of carbonyl (C=O) groups excluding carboxylic acids is 6. The standard InChI is InChI=1S/C34H38I6N2O16/c1-41(29-25(37)19(15(51)3-11(47)7-43)23(35)20(26(29)38)16(52)4-12(48)8-44)33(57)31(55)32(56)34(58)42(2)30-27(39)21(17(53)5-13(49)9-45)24(36)22(28(30)40)18(54)6-14(50)10-46/h11-14,31-32,43-50,55-56H,3-10H2,1-2H3. The second kappa shape index (κ2) is 24.2. The van der Waals surface area contributed by atoms with E-state index in [2.05, 4.69) is 0 Å². The highest BCUT2D eigenvalue weighted by atomic mass is 127. The van der Waals surface area contributed by atoms with Crippen LogP contribution in [0.2, 0.25) is 0 Å². The van der Waals surface area contributed by atoms with Crippen LogP contribution in [0.15, 0.2) is 0 Å². The van der Waals surface area contributed by atoms with Crippen molar-refractivity contribution in [2.45, 2.75) is 62.3 Å². The monoisotopic (exact) mass is 1490 g/mol. The summed E-state index contributed by atoms with van der Waals surface area (Å²) in [7, 11) is 2.24. The van der Waals surface area contributed by atoms with Crippen LogP contribution in [0.4, 0.5) is 11.4 Å². The Bertz CT molecular complexity index is 1700. The Morgan fingerprint density at radius 2 is 0.603 bits per heavy atom. The minimum atomic E-state index is -2.53. The number of carbonyl (C=O) groups is 6. The molecule has 18 nitrogen and oxygen atoms in total. The highest BCUT2D eigenvalue weighted by Gasteiger charge is 2.40. The number of halogens is 6. The van der Waals surface area contributed by atoms with Crippen LogP contribution in [0.1, 0.15) is 67.1 Å². The third-order valence-electron chi connectivity index (χ3n) is 8.37. The molecular weight excluding hydrogens is 1450 g/mol. The number of ketones is 4. The molecule has 0 spiro atoms. The third-order valence-corrected chi connectivity index (χ3v) is 14.7. The fraction of sp³-hybridized carbons (Fsp3) is 0.471. The van der Waals surface area contributed by atoms with Crippen molar-refractivity contribution < 1.29 is 79.8 Å². The highest BCUT2D eigenvalue weighted by Crippen LogP contribution is 2.41. The minimum absolute atomic E-state index is 0.0387. The number of rotatable bonds is 21. The van der Waals surface area contributed by atoms with E-state index in [1.165, 1.54) is 0 Å². The molecule has 0 radical (unpaired) electrons. The van der Waals surface area contributed by atoms with Crippen LogP contribution in [-0.4, -0.2) is 163 Å². The van der Waals surface area contributed by atoms with Crippen LogP contribution in [0.25, 0.3) is 0 Å². The van der Waals surface area contributed by atoms with Gasteiger partial charge in [-0.1, -0.05) is 0 Å². The molecule has 0 aliphatic carbocycles. The van der Waals surface area contributed by atoms with Gasteiger partial charge in [-0.05, 0) is 136 Å². The Labute approximate surface area is 413 Å². The van der Waals surface area contributed by atoms with Gasteiger partial charge in [0.1, 0.15) is 0 Å². The summed E-state index contributed by atoms with van der Waals surface area (Å²) in [4.78, 5) is 83.1. The molecule has 2 aromatic carbocycles. The van der Waals surface area contributed by atoms with E-state index in [9.17, 15) is 79.8 Å². The first kappa shape index (κ1) is 54.2. The van der Waals surface area contributed by atoms with Crippen molar-refractivity contribution in [2.75, 3.05) is 50.3 Å². The maximum Gasteiger partial charge on any atom is 0.258 e. The summed E-state index contributed by atoms with van der Waals surface area (Å²) in [5, 5.41) is 99.9. The van der Waals surface area contributed by atoms with Gasteiger partial charge in [0.2, 0.25) is 0 Å². The number of benzene rings is 2. The lowest BCUT2D eigenvalue weighted by atomic mass is 9.97. The molecule has 0 heterocycles. The van der Waals surface area contributed by atoms with Crippen molar-refractivity contribution in [1.82, 2.24) is 0 Å². The Morgan fingerprint density at radius 3 is 0.776 bits per heavy atom. The van der Waals surface area contributed by atoms with Crippen molar-refractivity contribution in [1.29, 1.82) is 0 Å². The van der Waals surface area contributed by atoms with Crippen LogP contribution in [-0.2, 0) is 9.59 Å². The summed E-state index contributed by atoms with van der Waals surface area (Å²) in [5.41, 5.74) is -0.932. The number of hydrogen-bond acceptors (Lipinski definition) is 16. The number of anilines is 2. The van der Waals surface area contributed by atoms with Crippen LogP contribution in [0, 0.1) is 21.4 Å². The molecule has 0 fully saturated rings. The second-order valence-corrected chi connectivity index (χ2v) is 19.1. The minimum Gasteiger partial charge on any atom is -0.394 e. The van der Waals surface area contributed by atoms with Gasteiger partial charge < -0.3 is 60.9 Å². The zero-order valence-corrected chi connectivity index (χ0v) is 43.1. The smallest absolute Gasteiger partial charge is 0.258 e. The number of amides is 2. The van der Waals surface area contributed by atoms with Crippen LogP contribution in [0.5, 0.6) is 0 Å². The van der Waals surface area contributed by atoms with Crippen molar-refractivity contribution in [2.24, 2.45) is 0 Å². The summed E-state index contributed by atoms with van der Waals surface area (Å²) in [5.74, 6) is -5.64. The summed E-state index contributed by atoms with van der Waals surface area (Å²) in [6, 6.07) is 0. The Balaban J connectivity index is 2.75. The summed E-state index contributed by atoms with van der Waals surface area (Å²) in [6.45, 7) is -3.09. The lowest BCUT2D eigenvalue weighted by Crippen LogP contribution is -2.51. The van der Waals surface area contributed by atoms with Crippen LogP contribution >= 0.6 is 136 Å². The van der Waals surface area contributed by atoms with E-state index < -0.39 is 124 Å². The lowest BCUT2D eigenvalue weighted by molar-refractivity contribution is -0.142. The molecule has 10 N–H and O–H groups in total. The van der Waals surface area contributed by atoms with Gasteiger partial charge in [0.15, 0.2) is 35.3 Å². The predicted molar refractivity (Wildman–Crippen MR) is 256 cm³/mol. The molecule has 322 valence electrons. The fourth-order valence-electron chi connectivity index (χ4n) is 5.28. The largest absolute Gasteiger partial charge is 0.394 e. The number of aliphatic hydroxyl groups excluding tert-OH is 10. The van der Waals surface area contributed by atoms with Crippen LogP contribution in [0.3, 0.4) is 0 Å². The molecule has 0 aromatic heterocycles. The Hall–Kier alpha value is 0.0400. The van der Waals surface area contributed by atoms with E-state index in [1.54, 1.807) is 136 Å². The van der Waals surface area contributed by atoms with E-state index in [4.69, 9.17) is 0 Å². The fourth-order valence-corrected chi connectivity index (χ4v) is 15.5. The topological polar surface area (TPSA) is 311 Å². The molecule has 6 unspecified atom stereocenters. The quantitative estimate of drug-likeness (QED) is 0.0597. The molecule has 24 heteroatoms. The maximum absolute atomic E-state index is 13.9. The number of hydrogen-bond donors (Lipinski definition) is 10. The zero-order chi connectivity index (χ0) is 44.7. The molecule has 6 atom stereocenters. The van der Waals surface area contributed by atoms with Crippen molar-refractivity contribution >= 4 is 182 Å². The first-order valence-electron chi connectivity index (χ1n) is 16.6. The van der Waals surface area contributed by atoms with Gasteiger partial charge in [-0.3, -0.25) is 28.8 Å². The van der Waals surface area contributed by atoms with Gasteiger partial charge in [0.05, 0.1) is 62.2 Å². The zero-order valence-electron chi connectivity index (χ0n) is 30.2. The lowest BCUT2D eigenvalue weighted by Gasteiger charge is -2.30. The van der Waals surface area contributed by atoms with Gasteiger partial charge in [-0.2, -0.15) is 0 Å². The van der Waals surface area contributed by atoms with E-state index in [1.807, 2.05) is 0 Å². The Morgan fingerprint density at radius 1 is 0.414 bits per heavy atom. The van der Waals surface area contributed by atoms with E-state index in [0.29, 0.717) is 0 Å². The molecule has 2 amide bonds. The first-order chi connectivity index (χ1) is 26.9. The molecule has 58 heavy (non-hydrogen) atoms. The van der Waals surface area contributed by atoms with Gasteiger partial charge in [0, 0.05) is 83.5 Å². The summed E-state index contributed by atoms with van der Waals surface area (Å²) >= 11 is 10.2. The molecule has 0 bridgehead atoms. The van der Waals surface area contributed by atoms with Crippen molar-refractivity contribution in [3.63, 3.8) is 0 Å². The number of Topliss-reactive ketones (excluding diaryl/α,β-unsaturated/α-hetero) is 4. The predicted octanol–water partition coefficient (Wildman–Crippen LogP) is 0.366. The van der Waals surface area contributed by atoms with E-state index in [-0.39, 0.29) is 55.0 Å². The van der Waals surface area contributed by atoms with Gasteiger partial charge in [-0.15, -0.1) is 0 Å². The number of aliphatic hydroxyl groups is 10. The average Bonchev–Trinajstić information content (AvgIpc) is 3.15. The highest BCUT2D eigenvalue weighted by molar-refractivity contribution is 14.1. The van der Waals surface area contributed by atoms with Gasteiger partial charge in [0.25, 0.3) is 11.8 Å². The van der Waals surface area contributed by atoms with Crippen molar-refractivity contribution in [3.8, 4) is 0 Å².